The maximum Gasteiger partial charge on any atom is 0.373 e. The first-order valence-electron chi connectivity index (χ1n) is 7.96. The van der Waals surface area contributed by atoms with Crippen LogP contribution >= 0.6 is 0 Å². The Labute approximate surface area is 167 Å². The molecule has 1 aliphatic carbocycles. The monoisotopic (exact) mass is 386 g/mol. The van der Waals surface area contributed by atoms with Gasteiger partial charge in [0.2, 0.25) is 11.5 Å². The predicted molar refractivity (Wildman–Crippen MR) is 99.5 cm³/mol. The zero-order valence-corrected chi connectivity index (χ0v) is 14.5. The molecule has 0 spiro atoms. The number of amidine groups is 3. The van der Waals surface area contributed by atoms with E-state index in [1.807, 2.05) is 12.1 Å². The fourth-order valence-electron chi connectivity index (χ4n) is 3.34. The molecule has 1 aromatic rings. The van der Waals surface area contributed by atoms with Gasteiger partial charge in [0.15, 0.2) is 6.07 Å². The van der Waals surface area contributed by atoms with E-state index in [-0.39, 0.29) is 56.7 Å². The lowest BCUT2D eigenvalue weighted by Crippen LogP contribution is -2.50. The van der Waals surface area contributed by atoms with Crippen molar-refractivity contribution in [1.82, 2.24) is 9.97 Å². The van der Waals surface area contributed by atoms with E-state index in [0.717, 1.165) is 0 Å². The standard InChI is InChI=1S/C18H2N12/c1-23-17-13-15(28-10(6-22)29-17)11-7(3-19)25-9(5-21)27-14(11)12-8(4-20)26-18(24-2)30-16(12)13/h11,15H. The number of aliphatic imine (C=N–C) groups is 4. The molecule has 4 rings (SSSR count). The molecule has 12 nitrogen and oxygen atoms in total. The molecule has 3 heterocycles. The van der Waals surface area contributed by atoms with Gasteiger partial charge in [-0.2, -0.15) is 21.0 Å². The Morgan fingerprint density at radius 2 is 1.60 bits per heavy atom. The minimum absolute atomic E-state index is 0.0273. The third kappa shape index (κ3) is 2.34. The zero-order chi connectivity index (χ0) is 21.4. The van der Waals surface area contributed by atoms with Crippen molar-refractivity contribution in [2.45, 2.75) is 6.04 Å². The highest BCUT2D eigenvalue weighted by Gasteiger charge is 2.44. The Morgan fingerprint density at radius 3 is 2.20 bits per heavy atom. The van der Waals surface area contributed by atoms with Crippen molar-refractivity contribution < 1.29 is 0 Å². The first kappa shape index (κ1) is 17.8. The van der Waals surface area contributed by atoms with Crippen molar-refractivity contribution in [1.29, 1.82) is 21.0 Å². The largest absolute Gasteiger partial charge is 0.394 e. The number of fused-ring (bicyclic) bond motifs is 4. The summed E-state index contributed by atoms with van der Waals surface area (Å²) in [6, 6.07) is 6.27. The van der Waals surface area contributed by atoms with Crippen molar-refractivity contribution in [2.24, 2.45) is 25.9 Å². The molecular formula is C18H2N12. The van der Waals surface area contributed by atoms with E-state index in [4.69, 9.17) is 13.1 Å². The van der Waals surface area contributed by atoms with E-state index >= 15 is 0 Å². The summed E-state index contributed by atoms with van der Waals surface area (Å²) in [5, 5.41) is 37.9. The predicted octanol–water partition coefficient (Wildman–Crippen LogP) is -0.690. The molecule has 134 valence electrons. The number of hydrogen-bond donors (Lipinski definition) is 0. The van der Waals surface area contributed by atoms with E-state index in [0.29, 0.717) is 0 Å². The summed E-state index contributed by atoms with van der Waals surface area (Å²) < 4.78 is 0. The van der Waals surface area contributed by atoms with Crippen LogP contribution in [0.1, 0.15) is 5.69 Å². The van der Waals surface area contributed by atoms with Gasteiger partial charge in [0.1, 0.15) is 29.3 Å². The third-order valence-electron chi connectivity index (χ3n) is 4.40. The summed E-state index contributed by atoms with van der Waals surface area (Å²) in [6.07, 6.45) is 0. The van der Waals surface area contributed by atoms with Crippen molar-refractivity contribution in [3.8, 4) is 24.3 Å². The first-order chi connectivity index (χ1) is 14.6. The van der Waals surface area contributed by atoms with E-state index in [1.54, 1.807) is 12.1 Å². The van der Waals surface area contributed by atoms with Crippen LogP contribution < -0.4 is 10.6 Å². The van der Waals surface area contributed by atoms with Crippen molar-refractivity contribution >= 4 is 40.4 Å². The maximum atomic E-state index is 9.63. The smallest absolute Gasteiger partial charge is 0.373 e. The van der Waals surface area contributed by atoms with Gasteiger partial charge in [0, 0.05) is 5.57 Å². The fourth-order valence-corrected chi connectivity index (χ4v) is 3.34. The van der Waals surface area contributed by atoms with Gasteiger partial charge >= 0.3 is 11.8 Å². The van der Waals surface area contributed by atoms with Gasteiger partial charge in [-0.05, 0) is 0 Å². The third-order valence-corrected chi connectivity index (χ3v) is 4.40. The van der Waals surface area contributed by atoms with Gasteiger partial charge < -0.3 is 9.69 Å². The number of hydrogen-bond acceptors (Lipinski definition) is 10. The Morgan fingerprint density at radius 1 is 0.833 bits per heavy atom. The highest BCUT2D eigenvalue weighted by atomic mass is 15.1. The molecule has 2 atom stereocenters. The molecule has 0 saturated carbocycles. The maximum absolute atomic E-state index is 9.63. The lowest BCUT2D eigenvalue weighted by Gasteiger charge is -2.30. The van der Waals surface area contributed by atoms with E-state index < -0.39 is 12.0 Å². The highest BCUT2D eigenvalue weighted by molar-refractivity contribution is 6.31. The summed E-state index contributed by atoms with van der Waals surface area (Å²) in [6.45, 7) is 14.7. The molecule has 12 heteroatoms. The molecule has 0 bridgehead atoms. The zero-order valence-electron chi connectivity index (χ0n) is 14.5. The molecule has 0 N–H and O–H groups in total. The molecule has 30 heavy (non-hydrogen) atoms. The fraction of sp³-hybridized carbons (Fsp3) is 0.111. The van der Waals surface area contributed by atoms with Crippen molar-refractivity contribution in [3.05, 3.63) is 39.1 Å². The topological polar surface area (TPSA) is 179 Å². The second-order valence-electron chi connectivity index (χ2n) is 5.81. The summed E-state index contributed by atoms with van der Waals surface area (Å²) in [7, 11) is 0. The molecule has 0 amide bonds. The van der Waals surface area contributed by atoms with E-state index in [1.165, 1.54) is 0 Å². The first-order valence-corrected chi connectivity index (χ1v) is 7.96. The summed E-state index contributed by atoms with van der Waals surface area (Å²) in [5.74, 6) is -2.14. The molecule has 1 aromatic heterocycles. The molecule has 2 aliphatic heterocycles. The summed E-state index contributed by atoms with van der Waals surface area (Å²) >= 11 is 0. The van der Waals surface area contributed by atoms with Crippen LogP contribution in [0.15, 0.2) is 20.0 Å². The van der Waals surface area contributed by atoms with Gasteiger partial charge in [-0.15, -0.1) is 16.5 Å². The Hall–Kier alpha value is -5.56. The lowest BCUT2D eigenvalue weighted by molar-refractivity contribution is 0.730. The molecular weight excluding hydrogens is 384 g/mol. The summed E-state index contributed by atoms with van der Waals surface area (Å²) in [5.41, 5.74) is -0.121. The number of rotatable bonds is 0. The molecule has 3 aliphatic rings. The normalized spacial score (nSPS) is 20.5. The molecule has 0 saturated heterocycles. The van der Waals surface area contributed by atoms with E-state index in [2.05, 4.69) is 39.6 Å². The van der Waals surface area contributed by atoms with Crippen LogP contribution in [0.25, 0.3) is 21.0 Å². The minimum Gasteiger partial charge on any atom is -0.394 e. The Kier molecular flexibility index (Phi) is 3.90. The molecule has 0 radical (unpaired) electrons. The van der Waals surface area contributed by atoms with Gasteiger partial charge in [-0.3, -0.25) is 0 Å². The Bertz CT molecular complexity index is 1560. The van der Waals surface area contributed by atoms with Crippen molar-refractivity contribution in [2.75, 3.05) is 0 Å². The van der Waals surface area contributed by atoms with Gasteiger partial charge in [-0.1, -0.05) is 11.6 Å². The summed E-state index contributed by atoms with van der Waals surface area (Å²) in [4.78, 5) is 30.8. The lowest BCUT2D eigenvalue weighted by atomic mass is 9.80. The average molecular weight is 386 g/mol. The van der Waals surface area contributed by atoms with Crippen LogP contribution in [0.3, 0.4) is 0 Å². The molecule has 2 unspecified atom stereocenters. The number of nitrogens with zero attached hydrogens (tertiary/aromatic N) is 12. The molecule has 0 aromatic carbocycles. The van der Waals surface area contributed by atoms with Crippen LogP contribution in [0.2, 0.25) is 0 Å². The van der Waals surface area contributed by atoms with Gasteiger partial charge in [0.25, 0.3) is 5.84 Å². The highest BCUT2D eigenvalue weighted by Crippen LogP contribution is 2.34. The second-order valence-corrected chi connectivity index (χ2v) is 5.81. The number of aromatic nitrogens is 2. The quantitative estimate of drug-likeness (QED) is 0.532. The van der Waals surface area contributed by atoms with Crippen LogP contribution in [0.4, 0.5) is 5.95 Å². The van der Waals surface area contributed by atoms with Crippen molar-refractivity contribution in [3.63, 3.8) is 0 Å². The average Bonchev–Trinajstić information content (AvgIpc) is 2.81. The minimum atomic E-state index is -1.02. The number of nitriles is 4. The Balaban J connectivity index is 2.32. The second kappa shape index (κ2) is 6.55. The SMILES string of the molecule is [C-]#[N+]C1=NC(C#N)=NC2C1=c1nc([N+]#[C-])nc(C#N)c1=C1N=C(C#N)N=C(C#N)C12. The van der Waals surface area contributed by atoms with Crippen LogP contribution in [0, 0.1) is 64.4 Å². The van der Waals surface area contributed by atoms with E-state index in [9.17, 15) is 21.0 Å². The molecule has 0 fully saturated rings. The van der Waals surface area contributed by atoms with Crippen LogP contribution in [-0.2, 0) is 0 Å². The van der Waals surface area contributed by atoms with Crippen LogP contribution in [0.5, 0.6) is 0 Å². The van der Waals surface area contributed by atoms with Crippen LogP contribution in [-0.4, -0.2) is 39.2 Å². The van der Waals surface area contributed by atoms with Gasteiger partial charge in [0.05, 0.1) is 22.9 Å². The van der Waals surface area contributed by atoms with Gasteiger partial charge in [-0.25, -0.2) is 15.0 Å².